The standard InChI is InChI=1S/C18H22N2O3/c1-12(2)20-8-7-13(19-20)11-22-14-5-6-15-16(21)10-18(3,4)23-17(15)9-14/h5-9,12H,10-11H2,1-4H3. The molecule has 0 saturated carbocycles. The molecule has 0 aliphatic carbocycles. The van der Waals surface area contributed by atoms with Crippen LogP contribution < -0.4 is 9.47 Å². The lowest BCUT2D eigenvalue weighted by atomic mass is 9.93. The largest absolute Gasteiger partial charge is 0.487 e. The molecule has 0 saturated heterocycles. The highest BCUT2D eigenvalue weighted by Crippen LogP contribution is 2.35. The first-order valence-electron chi connectivity index (χ1n) is 7.87. The van der Waals surface area contributed by atoms with Crippen LogP contribution in [0.25, 0.3) is 0 Å². The molecule has 0 N–H and O–H groups in total. The van der Waals surface area contributed by atoms with Gasteiger partial charge >= 0.3 is 0 Å². The molecule has 5 nitrogen and oxygen atoms in total. The number of carbonyl (C=O) groups excluding carboxylic acids is 1. The van der Waals surface area contributed by atoms with Gasteiger partial charge in [0.15, 0.2) is 5.78 Å². The summed E-state index contributed by atoms with van der Waals surface area (Å²) in [7, 11) is 0. The average molecular weight is 314 g/mol. The molecule has 5 heteroatoms. The maximum atomic E-state index is 12.1. The fraction of sp³-hybridized carbons (Fsp3) is 0.444. The summed E-state index contributed by atoms with van der Waals surface area (Å²) >= 11 is 0. The molecule has 0 fully saturated rings. The summed E-state index contributed by atoms with van der Waals surface area (Å²) < 4.78 is 13.6. The molecule has 0 spiro atoms. The maximum absolute atomic E-state index is 12.1. The van der Waals surface area contributed by atoms with E-state index in [2.05, 4.69) is 18.9 Å². The van der Waals surface area contributed by atoms with E-state index in [1.165, 1.54) is 0 Å². The minimum absolute atomic E-state index is 0.110. The van der Waals surface area contributed by atoms with E-state index in [-0.39, 0.29) is 5.78 Å². The average Bonchev–Trinajstić information content (AvgIpc) is 2.92. The van der Waals surface area contributed by atoms with Crippen molar-refractivity contribution in [3.8, 4) is 11.5 Å². The fourth-order valence-electron chi connectivity index (χ4n) is 2.62. The Morgan fingerprint density at radius 1 is 1.35 bits per heavy atom. The van der Waals surface area contributed by atoms with Crippen molar-refractivity contribution in [2.75, 3.05) is 0 Å². The number of hydrogen-bond donors (Lipinski definition) is 0. The highest BCUT2D eigenvalue weighted by Gasteiger charge is 2.32. The first-order valence-corrected chi connectivity index (χ1v) is 7.87. The van der Waals surface area contributed by atoms with E-state index >= 15 is 0 Å². The van der Waals surface area contributed by atoms with Gasteiger partial charge in [-0.1, -0.05) is 0 Å². The number of rotatable bonds is 4. The van der Waals surface area contributed by atoms with E-state index in [1.807, 2.05) is 30.8 Å². The molecule has 0 radical (unpaired) electrons. The van der Waals surface area contributed by atoms with Crippen molar-refractivity contribution >= 4 is 5.78 Å². The number of aromatic nitrogens is 2. The monoisotopic (exact) mass is 314 g/mol. The summed E-state index contributed by atoms with van der Waals surface area (Å²) in [6, 6.07) is 7.64. The Morgan fingerprint density at radius 2 is 2.13 bits per heavy atom. The first kappa shape index (κ1) is 15.6. The molecule has 0 bridgehead atoms. The van der Waals surface area contributed by atoms with Crippen LogP contribution >= 0.6 is 0 Å². The van der Waals surface area contributed by atoms with Gasteiger partial charge in [-0.2, -0.15) is 5.10 Å². The van der Waals surface area contributed by atoms with Crippen LogP contribution in [0.1, 0.15) is 56.2 Å². The number of nitrogens with zero attached hydrogens (tertiary/aromatic N) is 2. The molecular formula is C18H22N2O3. The quantitative estimate of drug-likeness (QED) is 0.861. The van der Waals surface area contributed by atoms with Gasteiger partial charge in [0.05, 0.1) is 17.7 Å². The molecule has 122 valence electrons. The molecule has 1 aromatic heterocycles. The lowest BCUT2D eigenvalue weighted by molar-refractivity contribution is 0.0618. The number of ketones is 1. The van der Waals surface area contributed by atoms with Crippen molar-refractivity contribution in [3.05, 3.63) is 41.7 Å². The molecule has 1 aliphatic heterocycles. The molecule has 0 amide bonds. The van der Waals surface area contributed by atoms with Crippen LogP contribution in [0.3, 0.4) is 0 Å². The third-order valence-corrected chi connectivity index (χ3v) is 3.81. The highest BCUT2D eigenvalue weighted by atomic mass is 16.5. The SMILES string of the molecule is CC(C)n1ccc(COc2ccc3c(c2)OC(C)(C)CC3=O)n1. The second-order valence-corrected chi connectivity index (χ2v) is 6.79. The normalized spacial score (nSPS) is 16.1. The molecule has 3 rings (SSSR count). The second-order valence-electron chi connectivity index (χ2n) is 6.79. The molecule has 1 aromatic carbocycles. The van der Waals surface area contributed by atoms with Crippen LogP contribution in [0.5, 0.6) is 11.5 Å². The second kappa shape index (κ2) is 5.72. The smallest absolute Gasteiger partial charge is 0.170 e. The van der Waals surface area contributed by atoms with Gasteiger partial charge in [-0.15, -0.1) is 0 Å². The van der Waals surface area contributed by atoms with Crippen molar-refractivity contribution < 1.29 is 14.3 Å². The molecule has 23 heavy (non-hydrogen) atoms. The number of hydrogen-bond acceptors (Lipinski definition) is 4. The van der Waals surface area contributed by atoms with Crippen molar-refractivity contribution in [1.29, 1.82) is 0 Å². The van der Waals surface area contributed by atoms with Gasteiger partial charge in [0.25, 0.3) is 0 Å². The van der Waals surface area contributed by atoms with Gasteiger partial charge in [0.2, 0.25) is 0 Å². The zero-order valence-electron chi connectivity index (χ0n) is 14.0. The minimum atomic E-state index is -0.473. The molecule has 0 unspecified atom stereocenters. The number of ether oxygens (including phenoxy) is 2. The van der Waals surface area contributed by atoms with Gasteiger partial charge in [-0.05, 0) is 45.9 Å². The summed E-state index contributed by atoms with van der Waals surface area (Å²) in [6.45, 7) is 8.38. The third-order valence-electron chi connectivity index (χ3n) is 3.81. The third kappa shape index (κ3) is 3.38. The highest BCUT2D eigenvalue weighted by molar-refractivity contribution is 6.00. The van der Waals surface area contributed by atoms with Gasteiger partial charge in [0, 0.05) is 18.3 Å². The number of fused-ring (bicyclic) bond motifs is 1. The van der Waals surface area contributed by atoms with Crippen LogP contribution in [0.15, 0.2) is 30.5 Å². The lowest BCUT2D eigenvalue weighted by Crippen LogP contribution is -2.35. The van der Waals surface area contributed by atoms with E-state index in [1.54, 1.807) is 18.2 Å². The first-order chi connectivity index (χ1) is 10.8. The van der Waals surface area contributed by atoms with Crippen molar-refractivity contribution in [2.24, 2.45) is 0 Å². The van der Waals surface area contributed by atoms with Gasteiger partial charge in [-0.3, -0.25) is 9.48 Å². The van der Waals surface area contributed by atoms with Gasteiger partial charge in [-0.25, -0.2) is 0 Å². The topological polar surface area (TPSA) is 53.4 Å². The Morgan fingerprint density at radius 3 is 2.83 bits per heavy atom. The van der Waals surface area contributed by atoms with Crippen molar-refractivity contribution in [1.82, 2.24) is 9.78 Å². The summed E-state index contributed by atoms with van der Waals surface area (Å²) in [4.78, 5) is 12.1. The van der Waals surface area contributed by atoms with E-state index < -0.39 is 5.60 Å². The molecular weight excluding hydrogens is 292 g/mol. The Kier molecular flexibility index (Phi) is 3.88. The summed E-state index contributed by atoms with van der Waals surface area (Å²) in [5.74, 6) is 1.38. The van der Waals surface area contributed by atoms with E-state index in [4.69, 9.17) is 9.47 Å². The predicted octanol–water partition coefficient (Wildman–Crippen LogP) is 3.79. The minimum Gasteiger partial charge on any atom is -0.487 e. The number of carbonyl (C=O) groups is 1. The van der Waals surface area contributed by atoms with Crippen molar-refractivity contribution in [3.63, 3.8) is 0 Å². The number of Topliss-reactive ketones (excluding diaryl/α,β-unsaturated/α-hetero) is 1. The number of benzene rings is 1. The Balaban J connectivity index is 1.73. The van der Waals surface area contributed by atoms with E-state index in [9.17, 15) is 4.79 Å². The molecule has 0 atom stereocenters. The molecule has 2 aromatic rings. The van der Waals surface area contributed by atoms with Crippen LogP contribution in [0, 0.1) is 0 Å². The molecule has 2 heterocycles. The van der Waals surface area contributed by atoms with E-state index in [0.29, 0.717) is 36.1 Å². The summed E-state index contributed by atoms with van der Waals surface area (Å²) in [5.41, 5.74) is 1.02. The zero-order chi connectivity index (χ0) is 16.6. The van der Waals surface area contributed by atoms with Crippen LogP contribution in [-0.4, -0.2) is 21.2 Å². The van der Waals surface area contributed by atoms with Gasteiger partial charge in [0.1, 0.15) is 23.7 Å². The van der Waals surface area contributed by atoms with Crippen LogP contribution in [0.2, 0.25) is 0 Å². The van der Waals surface area contributed by atoms with Crippen LogP contribution in [-0.2, 0) is 6.61 Å². The van der Waals surface area contributed by atoms with Gasteiger partial charge < -0.3 is 9.47 Å². The fourth-order valence-corrected chi connectivity index (χ4v) is 2.62. The Hall–Kier alpha value is -2.30. The Labute approximate surface area is 136 Å². The Bertz CT molecular complexity index is 732. The van der Waals surface area contributed by atoms with E-state index in [0.717, 1.165) is 5.69 Å². The predicted molar refractivity (Wildman–Crippen MR) is 87.0 cm³/mol. The molecule has 1 aliphatic rings. The maximum Gasteiger partial charge on any atom is 0.170 e. The lowest BCUT2D eigenvalue weighted by Gasteiger charge is -2.31. The summed E-state index contributed by atoms with van der Waals surface area (Å²) in [5, 5.41) is 4.45. The van der Waals surface area contributed by atoms with Crippen molar-refractivity contribution in [2.45, 2.75) is 52.4 Å². The summed E-state index contributed by atoms with van der Waals surface area (Å²) in [6.07, 6.45) is 2.34. The zero-order valence-corrected chi connectivity index (χ0v) is 14.0. The van der Waals surface area contributed by atoms with Crippen LogP contribution in [0.4, 0.5) is 0 Å².